The van der Waals surface area contributed by atoms with Gasteiger partial charge in [0.1, 0.15) is 12.1 Å². The maximum absolute atomic E-state index is 13.3. The van der Waals surface area contributed by atoms with Crippen LogP contribution in [-0.4, -0.2) is 86.7 Å². The number of amides is 1. The van der Waals surface area contributed by atoms with Gasteiger partial charge in [-0.15, -0.1) is 4.98 Å². The molecule has 0 spiro atoms. The maximum Gasteiger partial charge on any atom is 0.324 e. The summed E-state index contributed by atoms with van der Waals surface area (Å²) in [6.07, 6.45) is 4.29. The van der Waals surface area contributed by atoms with Crippen molar-refractivity contribution >= 4 is 28.7 Å². The van der Waals surface area contributed by atoms with Crippen molar-refractivity contribution in [3.8, 4) is 12.0 Å². The normalized spacial score (nSPS) is 17.3. The molecule has 12 nitrogen and oxygen atoms in total. The van der Waals surface area contributed by atoms with E-state index in [-0.39, 0.29) is 30.5 Å². The number of fused-ring (bicyclic) bond motifs is 2. The Morgan fingerprint density at radius 3 is 2.56 bits per heavy atom. The first-order chi connectivity index (χ1) is 19.0. The molecule has 1 saturated heterocycles. The van der Waals surface area contributed by atoms with Gasteiger partial charge in [0.2, 0.25) is 11.9 Å². The van der Waals surface area contributed by atoms with E-state index in [1.54, 1.807) is 12.5 Å². The third kappa shape index (κ3) is 4.77. The molecular weight excluding hydrogens is 498 g/mol. The van der Waals surface area contributed by atoms with Crippen LogP contribution in [0.2, 0.25) is 0 Å². The van der Waals surface area contributed by atoms with Gasteiger partial charge in [-0.2, -0.15) is 9.97 Å². The summed E-state index contributed by atoms with van der Waals surface area (Å²) in [5.74, 6) is 0.607. The van der Waals surface area contributed by atoms with Crippen molar-refractivity contribution in [2.45, 2.75) is 32.5 Å². The molecule has 0 saturated carbocycles. The van der Waals surface area contributed by atoms with E-state index >= 15 is 0 Å². The summed E-state index contributed by atoms with van der Waals surface area (Å²) in [5, 5.41) is 0. The van der Waals surface area contributed by atoms with E-state index in [4.69, 9.17) is 9.47 Å². The fourth-order valence-electron chi connectivity index (χ4n) is 5.48. The Morgan fingerprint density at radius 2 is 1.79 bits per heavy atom. The SMILES string of the molecule is COc1nc(OC)nc(N2CCc3cccc(N4CCN(C(=O)Cn5cnc6cccnc65)C(C)C4)c3C2)n1. The van der Waals surface area contributed by atoms with Gasteiger partial charge in [0, 0.05) is 50.6 Å². The Morgan fingerprint density at radius 1 is 0.974 bits per heavy atom. The molecular formula is C27H31N9O3. The van der Waals surface area contributed by atoms with Gasteiger partial charge >= 0.3 is 12.0 Å². The Balaban J connectivity index is 1.18. The second kappa shape index (κ2) is 10.4. The topological polar surface area (TPSA) is 115 Å². The lowest BCUT2D eigenvalue weighted by Gasteiger charge is -2.42. The van der Waals surface area contributed by atoms with Gasteiger partial charge in [0.05, 0.1) is 20.5 Å². The predicted molar refractivity (Wildman–Crippen MR) is 145 cm³/mol. The molecule has 1 fully saturated rings. The number of hydrogen-bond donors (Lipinski definition) is 0. The minimum Gasteiger partial charge on any atom is -0.467 e. The van der Waals surface area contributed by atoms with E-state index < -0.39 is 0 Å². The number of piperazine rings is 1. The fraction of sp³-hybridized carbons (Fsp3) is 0.407. The number of methoxy groups -OCH3 is 2. The summed E-state index contributed by atoms with van der Waals surface area (Å²) in [7, 11) is 3.06. The monoisotopic (exact) mass is 529 g/mol. The standard InChI is InChI=1S/C27H31N9O3/c1-18-14-33(12-13-36(18)23(37)16-35-17-29-21-7-5-10-28-24(21)35)22-8-4-6-19-9-11-34(15-20(19)22)25-30-26(38-2)32-27(31-25)39-3/h4-8,10,17-18H,9,11-16H2,1-3H3. The second-order valence-electron chi connectivity index (χ2n) is 9.80. The smallest absolute Gasteiger partial charge is 0.324 e. The van der Waals surface area contributed by atoms with Crippen LogP contribution < -0.4 is 19.3 Å². The lowest BCUT2D eigenvalue weighted by Crippen LogP contribution is -2.55. The Labute approximate surface area is 226 Å². The number of ether oxygens (including phenoxy) is 2. The molecule has 1 unspecified atom stereocenters. The highest BCUT2D eigenvalue weighted by Gasteiger charge is 2.31. The number of imidazole rings is 1. The van der Waals surface area contributed by atoms with E-state index in [0.29, 0.717) is 19.0 Å². The van der Waals surface area contributed by atoms with Crippen LogP contribution in [0.5, 0.6) is 12.0 Å². The molecule has 1 atom stereocenters. The van der Waals surface area contributed by atoms with Crippen LogP contribution in [-0.2, 0) is 24.3 Å². The van der Waals surface area contributed by atoms with Crippen molar-refractivity contribution in [1.82, 2.24) is 34.4 Å². The van der Waals surface area contributed by atoms with Crippen LogP contribution in [0.4, 0.5) is 11.6 Å². The summed E-state index contributed by atoms with van der Waals surface area (Å²) < 4.78 is 12.3. The van der Waals surface area contributed by atoms with Crippen molar-refractivity contribution in [3.63, 3.8) is 0 Å². The first-order valence-corrected chi connectivity index (χ1v) is 13.0. The van der Waals surface area contributed by atoms with Gasteiger partial charge in [0.15, 0.2) is 5.65 Å². The Kier molecular flexibility index (Phi) is 6.59. The molecule has 0 bridgehead atoms. The lowest BCUT2D eigenvalue weighted by molar-refractivity contribution is -0.134. The van der Waals surface area contributed by atoms with E-state index in [9.17, 15) is 4.79 Å². The van der Waals surface area contributed by atoms with Crippen LogP contribution >= 0.6 is 0 Å². The highest BCUT2D eigenvalue weighted by molar-refractivity contribution is 5.79. The zero-order chi connectivity index (χ0) is 26.9. The molecule has 1 aromatic carbocycles. The zero-order valence-electron chi connectivity index (χ0n) is 22.3. The predicted octanol–water partition coefficient (Wildman–Crippen LogP) is 1.93. The van der Waals surface area contributed by atoms with Crippen molar-refractivity contribution < 1.29 is 14.3 Å². The van der Waals surface area contributed by atoms with Gasteiger partial charge in [-0.25, -0.2) is 9.97 Å². The van der Waals surface area contributed by atoms with Crippen LogP contribution in [0.3, 0.4) is 0 Å². The van der Waals surface area contributed by atoms with E-state index in [0.717, 1.165) is 37.2 Å². The number of nitrogens with zero attached hydrogens (tertiary/aromatic N) is 9. The van der Waals surface area contributed by atoms with Crippen LogP contribution in [0, 0.1) is 0 Å². The summed E-state index contributed by atoms with van der Waals surface area (Å²) in [6.45, 7) is 5.93. The second-order valence-corrected chi connectivity index (χ2v) is 9.80. The number of pyridine rings is 1. The zero-order valence-corrected chi connectivity index (χ0v) is 22.3. The average molecular weight is 530 g/mol. The highest BCUT2D eigenvalue weighted by Crippen LogP contribution is 2.32. The quantitative estimate of drug-likeness (QED) is 0.367. The maximum atomic E-state index is 13.3. The van der Waals surface area contributed by atoms with Gasteiger partial charge in [0.25, 0.3) is 0 Å². The molecule has 202 valence electrons. The van der Waals surface area contributed by atoms with Gasteiger partial charge < -0.3 is 28.7 Å². The summed E-state index contributed by atoms with van der Waals surface area (Å²) in [5.41, 5.74) is 5.28. The Hall–Kier alpha value is -4.48. The van der Waals surface area contributed by atoms with Crippen molar-refractivity contribution in [3.05, 3.63) is 54.0 Å². The van der Waals surface area contributed by atoms with Crippen LogP contribution in [0.1, 0.15) is 18.1 Å². The van der Waals surface area contributed by atoms with Crippen LogP contribution in [0.25, 0.3) is 11.2 Å². The first-order valence-electron chi connectivity index (χ1n) is 13.0. The molecule has 3 aromatic heterocycles. The minimum absolute atomic E-state index is 0.0570. The number of benzene rings is 1. The number of hydrogen-bond acceptors (Lipinski definition) is 10. The van der Waals surface area contributed by atoms with E-state index in [1.165, 1.54) is 31.0 Å². The van der Waals surface area contributed by atoms with Gasteiger partial charge in [-0.3, -0.25) is 4.79 Å². The number of rotatable bonds is 6. The Bertz CT molecular complexity index is 1480. The minimum atomic E-state index is 0.0570. The number of carbonyl (C=O) groups is 1. The highest BCUT2D eigenvalue weighted by atomic mass is 16.5. The van der Waals surface area contributed by atoms with Crippen LogP contribution in [0.15, 0.2) is 42.9 Å². The van der Waals surface area contributed by atoms with Crippen molar-refractivity contribution in [1.29, 1.82) is 0 Å². The number of aromatic nitrogens is 6. The summed E-state index contributed by atoms with van der Waals surface area (Å²) in [6, 6.07) is 10.7. The molecule has 12 heteroatoms. The molecule has 4 aromatic rings. The fourth-order valence-corrected chi connectivity index (χ4v) is 5.48. The molecule has 1 amide bonds. The molecule has 0 N–H and O–H groups in total. The number of carbonyl (C=O) groups excluding carboxylic acids is 1. The molecule has 0 aliphatic carbocycles. The van der Waals surface area contributed by atoms with Crippen molar-refractivity contribution in [2.75, 3.05) is 50.2 Å². The van der Waals surface area contributed by atoms with Gasteiger partial charge in [-0.05, 0) is 42.7 Å². The lowest BCUT2D eigenvalue weighted by atomic mass is 9.96. The molecule has 2 aliphatic heterocycles. The first kappa shape index (κ1) is 24.8. The molecule has 2 aliphatic rings. The summed E-state index contributed by atoms with van der Waals surface area (Å²) in [4.78, 5) is 41.6. The molecule has 5 heterocycles. The third-order valence-electron chi connectivity index (χ3n) is 7.45. The molecule has 6 rings (SSSR count). The molecule has 0 radical (unpaired) electrons. The average Bonchev–Trinajstić information content (AvgIpc) is 3.38. The summed E-state index contributed by atoms with van der Waals surface area (Å²) >= 11 is 0. The van der Waals surface area contributed by atoms with Gasteiger partial charge in [-0.1, -0.05) is 12.1 Å². The van der Waals surface area contributed by atoms with E-state index in [1.807, 2.05) is 21.6 Å². The number of anilines is 2. The molecule has 39 heavy (non-hydrogen) atoms. The third-order valence-corrected chi connectivity index (χ3v) is 7.45. The largest absolute Gasteiger partial charge is 0.467 e. The van der Waals surface area contributed by atoms with E-state index in [2.05, 4.69) is 59.8 Å². The van der Waals surface area contributed by atoms with Crippen molar-refractivity contribution in [2.24, 2.45) is 0 Å².